The van der Waals surface area contributed by atoms with Gasteiger partial charge in [-0.2, -0.15) is 0 Å². The number of amides is 1. The molecule has 1 aromatic heterocycles. The molecule has 1 fully saturated rings. The third-order valence-corrected chi connectivity index (χ3v) is 2.79. The second kappa shape index (κ2) is 5.01. The summed E-state index contributed by atoms with van der Waals surface area (Å²) in [5.41, 5.74) is 6.30. The number of rotatable bonds is 3. The van der Waals surface area contributed by atoms with E-state index in [1.165, 1.54) is 0 Å². The van der Waals surface area contributed by atoms with Gasteiger partial charge >= 0.3 is 0 Å². The lowest BCUT2D eigenvalue weighted by molar-refractivity contribution is -0.121. The van der Waals surface area contributed by atoms with Crippen LogP contribution in [0.3, 0.4) is 0 Å². The van der Waals surface area contributed by atoms with Crippen molar-refractivity contribution in [2.75, 3.05) is 37.0 Å². The standard InChI is InChI=1S/C11H16N4O2/c1-13-10-6-8(2-3-14-10)15-4-5-17-7-9(15)11(12)16/h2-3,6,9H,4-5,7H2,1H3,(H2,12,16)(H,13,14). The van der Waals surface area contributed by atoms with Crippen LogP contribution in [0.4, 0.5) is 11.5 Å². The van der Waals surface area contributed by atoms with Gasteiger partial charge in [0.05, 0.1) is 13.2 Å². The van der Waals surface area contributed by atoms with Crippen LogP contribution in [0.25, 0.3) is 0 Å². The highest BCUT2D eigenvalue weighted by molar-refractivity contribution is 5.84. The Bertz CT molecular complexity index is 410. The van der Waals surface area contributed by atoms with E-state index in [9.17, 15) is 4.79 Å². The molecular formula is C11H16N4O2. The molecule has 17 heavy (non-hydrogen) atoms. The van der Waals surface area contributed by atoms with Crippen molar-refractivity contribution >= 4 is 17.4 Å². The van der Waals surface area contributed by atoms with Crippen molar-refractivity contribution < 1.29 is 9.53 Å². The number of aromatic nitrogens is 1. The molecule has 1 aliphatic heterocycles. The number of nitrogens with zero attached hydrogens (tertiary/aromatic N) is 2. The highest BCUT2D eigenvalue weighted by Crippen LogP contribution is 2.21. The SMILES string of the molecule is CNc1cc(N2CCOCC2C(N)=O)ccn1. The van der Waals surface area contributed by atoms with Gasteiger partial charge in [0, 0.05) is 31.5 Å². The van der Waals surface area contributed by atoms with E-state index >= 15 is 0 Å². The minimum Gasteiger partial charge on any atom is -0.377 e. The van der Waals surface area contributed by atoms with Crippen molar-refractivity contribution in [1.82, 2.24) is 4.98 Å². The summed E-state index contributed by atoms with van der Waals surface area (Å²) in [5, 5.41) is 2.97. The maximum Gasteiger partial charge on any atom is 0.242 e. The lowest BCUT2D eigenvalue weighted by Crippen LogP contribution is -2.52. The van der Waals surface area contributed by atoms with Crippen LogP contribution >= 0.6 is 0 Å². The van der Waals surface area contributed by atoms with Crippen LogP contribution in [-0.4, -0.2) is 43.7 Å². The van der Waals surface area contributed by atoms with Crippen LogP contribution in [0.15, 0.2) is 18.3 Å². The normalized spacial score (nSPS) is 20.1. The molecule has 1 unspecified atom stereocenters. The Morgan fingerprint density at radius 2 is 2.53 bits per heavy atom. The number of anilines is 2. The molecule has 0 saturated carbocycles. The molecule has 92 valence electrons. The molecule has 3 N–H and O–H groups in total. The third-order valence-electron chi connectivity index (χ3n) is 2.79. The van der Waals surface area contributed by atoms with Crippen molar-refractivity contribution in [2.24, 2.45) is 5.73 Å². The zero-order valence-corrected chi connectivity index (χ0v) is 9.72. The smallest absolute Gasteiger partial charge is 0.242 e. The van der Waals surface area contributed by atoms with Gasteiger partial charge in [-0.3, -0.25) is 4.79 Å². The van der Waals surface area contributed by atoms with Crippen molar-refractivity contribution in [1.29, 1.82) is 0 Å². The first-order chi connectivity index (χ1) is 8.22. The number of ether oxygens (including phenoxy) is 1. The molecule has 6 heteroatoms. The van der Waals surface area contributed by atoms with E-state index in [1.54, 1.807) is 13.2 Å². The first kappa shape index (κ1) is 11.7. The molecule has 0 radical (unpaired) electrons. The maximum absolute atomic E-state index is 11.4. The molecule has 0 spiro atoms. The highest BCUT2D eigenvalue weighted by atomic mass is 16.5. The van der Waals surface area contributed by atoms with Crippen LogP contribution in [0.2, 0.25) is 0 Å². The molecule has 1 amide bonds. The van der Waals surface area contributed by atoms with Gasteiger partial charge in [0.25, 0.3) is 0 Å². The van der Waals surface area contributed by atoms with Gasteiger partial charge in [-0.15, -0.1) is 0 Å². The molecule has 1 aliphatic rings. The highest BCUT2D eigenvalue weighted by Gasteiger charge is 2.27. The van der Waals surface area contributed by atoms with Gasteiger partial charge in [-0.05, 0) is 6.07 Å². The van der Waals surface area contributed by atoms with E-state index in [-0.39, 0.29) is 5.91 Å². The van der Waals surface area contributed by atoms with Gasteiger partial charge in [-0.25, -0.2) is 4.98 Å². The summed E-state index contributed by atoms with van der Waals surface area (Å²) in [6.45, 7) is 1.59. The number of hydrogen-bond donors (Lipinski definition) is 2. The molecule has 0 aromatic carbocycles. The fraction of sp³-hybridized carbons (Fsp3) is 0.455. The van der Waals surface area contributed by atoms with E-state index in [4.69, 9.17) is 10.5 Å². The van der Waals surface area contributed by atoms with E-state index in [0.717, 1.165) is 11.5 Å². The largest absolute Gasteiger partial charge is 0.377 e. The summed E-state index contributed by atoms with van der Waals surface area (Å²) in [6, 6.07) is 3.35. The monoisotopic (exact) mass is 236 g/mol. The quantitative estimate of drug-likeness (QED) is 0.760. The van der Waals surface area contributed by atoms with E-state index in [0.29, 0.717) is 19.8 Å². The van der Waals surface area contributed by atoms with Gasteiger partial charge in [0.2, 0.25) is 5.91 Å². The molecule has 1 atom stereocenters. The summed E-state index contributed by atoms with van der Waals surface area (Å²) in [6.07, 6.45) is 1.70. The fourth-order valence-corrected chi connectivity index (χ4v) is 1.88. The van der Waals surface area contributed by atoms with Crippen LogP contribution in [-0.2, 0) is 9.53 Å². The summed E-state index contributed by atoms with van der Waals surface area (Å²) >= 11 is 0. The zero-order chi connectivity index (χ0) is 12.3. The number of nitrogens with one attached hydrogen (secondary N) is 1. The number of primary amides is 1. The van der Waals surface area contributed by atoms with Crippen LogP contribution in [0, 0.1) is 0 Å². The Labute approximate surface area is 99.8 Å². The third kappa shape index (κ3) is 2.47. The van der Waals surface area contributed by atoms with Crippen molar-refractivity contribution in [2.45, 2.75) is 6.04 Å². The first-order valence-electron chi connectivity index (χ1n) is 5.50. The van der Waals surface area contributed by atoms with Crippen molar-refractivity contribution in [3.05, 3.63) is 18.3 Å². The number of nitrogens with two attached hydrogens (primary N) is 1. The van der Waals surface area contributed by atoms with Crippen LogP contribution in [0.5, 0.6) is 0 Å². The van der Waals surface area contributed by atoms with Crippen LogP contribution < -0.4 is 16.0 Å². The fourth-order valence-electron chi connectivity index (χ4n) is 1.88. The maximum atomic E-state index is 11.4. The number of hydrogen-bond acceptors (Lipinski definition) is 5. The second-order valence-corrected chi connectivity index (χ2v) is 3.84. The Balaban J connectivity index is 2.26. The molecule has 1 saturated heterocycles. The molecular weight excluding hydrogens is 220 g/mol. The molecule has 2 rings (SSSR count). The Kier molecular flexibility index (Phi) is 3.43. The summed E-state index contributed by atoms with van der Waals surface area (Å²) in [5.74, 6) is 0.393. The summed E-state index contributed by atoms with van der Waals surface area (Å²) < 4.78 is 5.28. The average molecular weight is 236 g/mol. The van der Waals surface area contributed by atoms with Crippen LogP contribution in [0.1, 0.15) is 0 Å². The first-order valence-corrected chi connectivity index (χ1v) is 5.50. The van der Waals surface area contributed by atoms with Gasteiger partial charge in [0.15, 0.2) is 0 Å². The molecule has 0 aliphatic carbocycles. The topological polar surface area (TPSA) is 80.5 Å². The average Bonchev–Trinajstić information content (AvgIpc) is 2.39. The van der Waals surface area contributed by atoms with Crippen molar-refractivity contribution in [3.8, 4) is 0 Å². The molecule has 2 heterocycles. The molecule has 0 bridgehead atoms. The predicted octanol–water partition coefficient (Wildman–Crippen LogP) is -0.186. The molecule has 1 aromatic rings. The summed E-state index contributed by atoms with van der Waals surface area (Å²) in [4.78, 5) is 17.5. The Hall–Kier alpha value is -1.82. The van der Waals surface area contributed by atoms with Gasteiger partial charge < -0.3 is 20.7 Å². The predicted molar refractivity (Wildman–Crippen MR) is 64.9 cm³/mol. The second-order valence-electron chi connectivity index (χ2n) is 3.84. The van der Waals surface area contributed by atoms with E-state index in [2.05, 4.69) is 10.3 Å². The minimum atomic E-state index is -0.407. The number of pyridine rings is 1. The van der Waals surface area contributed by atoms with E-state index in [1.807, 2.05) is 17.0 Å². The summed E-state index contributed by atoms with van der Waals surface area (Å²) in [7, 11) is 1.80. The molecule has 6 nitrogen and oxygen atoms in total. The number of carbonyl (C=O) groups excluding carboxylic acids is 1. The lowest BCUT2D eigenvalue weighted by atomic mass is 10.2. The van der Waals surface area contributed by atoms with Gasteiger partial charge in [0.1, 0.15) is 11.9 Å². The zero-order valence-electron chi connectivity index (χ0n) is 9.72. The minimum absolute atomic E-state index is 0.340. The van der Waals surface area contributed by atoms with Crippen molar-refractivity contribution in [3.63, 3.8) is 0 Å². The Morgan fingerprint density at radius 1 is 1.71 bits per heavy atom. The number of carbonyl (C=O) groups is 1. The van der Waals surface area contributed by atoms with Gasteiger partial charge in [-0.1, -0.05) is 0 Å². The van der Waals surface area contributed by atoms with E-state index < -0.39 is 6.04 Å². The number of morpholine rings is 1. The lowest BCUT2D eigenvalue weighted by Gasteiger charge is -2.35. The Morgan fingerprint density at radius 3 is 3.24 bits per heavy atom.